The molecule has 9 heteroatoms. The number of amides is 1. The van der Waals surface area contributed by atoms with Crippen LogP contribution in [0.1, 0.15) is 21.5 Å². The lowest BCUT2D eigenvalue weighted by atomic mass is 10.1. The Morgan fingerprint density at radius 3 is 2.21 bits per heavy atom. The van der Waals surface area contributed by atoms with Crippen LogP contribution in [0.25, 0.3) is 0 Å². The zero-order valence-corrected chi connectivity index (χ0v) is 19.4. The fraction of sp³-hybridized carbons (Fsp3) is 0.208. The van der Waals surface area contributed by atoms with E-state index in [1.54, 1.807) is 25.3 Å². The van der Waals surface area contributed by atoms with Gasteiger partial charge in [0.05, 0.1) is 32.7 Å². The lowest BCUT2D eigenvalue weighted by Crippen LogP contribution is -2.30. The number of hydrogen-bond donors (Lipinski definition) is 1. The Kier molecular flexibility index (Phi) is 7.55. The van der Waals surface area contributed by atoms with E-state index >= 15 is 0 Å². The number of benzene rings is 3. The van der Waals surface area contributed by atoms with Crippen LogP contribution in [0.5, 0.6) is 11.5 Å². The fourth-order valence-electron chi connectivity index (χ4n) is 3.23. The van der Waals surface area contributed by atoms with Gasteiger partial charge in [-0.25, -0.2) is 12.8 Å². The third-order valence-electron chi connectivity index (χ3n) is 4.98. The predicted octanol–water partition coefficient (Wildman–Crippen LogP) is 3.74. The fourth-order valence-corrected chi connectivity index (χ4v) is 4.11. The molecule has 0 fully saturated rings. The third kappa shape index (κ3) is 6.23. The first-order valence-corrected chi connectivity index (χ1v) is 11.9. The first-order chi connectivity index (χ1) is 15.7. The number of anilines is 1. The van der Waals surface area contributed by atoms with Gasteiger partial charge < -0.3 is 14.8 Å². The van der Waals surface area contributed by atoms with Gasteiger partial charge in [0.25, 0.3) is 5.91 Å². The second-order valence-electron chi connectivity index (χ2n) is 7.30. The molecule has 1 amide bonds. The first kappa shape index (κ1) is 24.1. The van der Waals surface area contributed by atoms with Crippen LogP contribution in [0.3, 0.4) is 0 Å². The highest BCUT2D eigenvalue weighted by atomic mass is 32.2. The SMILES string of the molecule is COc1ccc(CNC(=O)c2ccc(OC)c(CN(c3ccc(F)cc3)S(C)(=O)=O)c2)cc1. The van der Waals surface area contributed by atoms with E-state index in [4.69, 9.17) is 9.47 Å². The van der Waals surface area contributed by atoms with Crippen molar-refractivity contribution >= 4 is 21.6 Å². The minimum Gasteiger partial charge on any atom is -0.497 e. The van der Waals surface area contributed by atoms with Gasteiger partial charge in [-0.1, -0.05) is 12.1 Å². The number of halogens is 1. The molecule has 33 heavy (non-hydrogen) atoms. The van der Waals surface area contributed by atoms with Crippen molar-refractivity contribution in [2.75, 3.05) is 24.8 Å². The first-order valence-electron chi connectivity index (χ1n) is 10.0. The summed E-state index contributed by atoms with van der Waals surface area (Å²) in [7, 11) is -0.649. The minimum atomic E-state index is -3.69. The summed E-state index contributed by atoms with van der Waals surface area (Å²) in [6.07, 6.45) is 1.06. The summed E-state index contributed by atoms with van der Waals surface area (Å²) in [4.78, 5) is 12.7. The molecular weight excluding hydrogens is 447 g/mol. The summed E-state index contributed by atoms with van der Waals surface area (Å²) in [5, 5.41) is 2.84. The maximum absolute atomic E-state index is 13.3. The molecule has 0 radical (unpaired) electrons. The Hall–Kier alpha value is -3.59. The normalized spacial score (nSPS) is 11.0. The van der Waals surface area contributed by atoms with Crippen LogP contribution in [0.15, 0.2) is 66.7 Å². The third-order valence-corrected chi connectivity index (χ3v) is 6.12. The van der Waals surface area contributed by atoms with Crippen molar-refractivity contribution in [3.8, 4) is 11.5 Å². The van der Waals surface area contributed by atoms with Gasteiger partial charge in [-0.2, -0.15) is 0 Å². The quantitative estimate of drug-likeness (QED) is 0.513. The highest BCUT2D eigenvalue weighted by Crippen LogP contribution is 2.27. The molecule has 0 saturated carbocycles. The number of ether oxygens (including phenoxy) is 2. The van der Waals surface area contributed by atoms with Crippen LogP contribution in [-0.4, -0.2) is 34.8 Å². The van der Waals surface area contributed by atoms with Crippen molar-refractivity contribution in [3.05, 3.63) is 89.2 Å². The maximum atomic E-state index is 13.3. The number of methoxy groups -OCH3 is 2. The molecule has 0 unspecified atom stereocenters. The number of carbonyl (C=O) groups excluding carboxylic acids is 1. The van der Waals surface area contributed by atoms with E-state index in [-0.39, 0.29) is 12.5 Å². The zero-order valence-electron chi connectivity index (χ0n) is 18.5. The molecule has 1 N–H and O–H groups in total. The minimum absolute atomic E-state index is 0.0900. The Balaban J connectivity index is 1.82. The molecule has 0 aliphatic carbocycles. The molecule has 0 aliphatic heterocycles. The van der Waals surface area contributed by atoms with Gasteiger partial charge >= 0.3 is 0 Å². The molecule has 174 valence electrons. The second-order valence-corrected chi connectivity index (χ2v) is 9.21. The number of rotatable bonds is 9. The smallest absolute Gasteiger partial charge is 0.251 e. The van der Waals surface area contributed by atoms with Crippen molar-refractivity contribution in [2.24, 2.45) is 0 Å². The Morgan fingerprint density at radius 1 is 0.970 bits per heavy atom. The molecule has 0 spiro atoms. The average molecular weight is 473 g/mol. The van der Waals surface area contributed by atoms with Crippen molar-refractivity contribution in [2.45, 2.75) is 13.1 Å². The van der Waals surface area contributed by atoms with Gasteiger partial charge in [0, 0.05) is 17.7 Å². The van der Waals surface area contributed by atoms with Crippen molar-refractivity contribution in [1.82, 2.24) is 5.32 Å². The second kappa shape index (κ2) is 10.4. The molecule has 3 aromatic carbocycles. The molecule has 3 aromatic rings. The molecular formula is C24H25FN2O5S. The summed E-state index contributed by atoms with van der Waals surface area (Å²) >= 11 is 0. The zero-order chi connectivity index (χ0) is 24.0. The number of carbonyl (C=O) groups is 1. The molecule has 0 aliphatic rings. The predicted molar refractivity (Wildman–Crippen MR) is 125 cm³/mol. The van der Waals surface area contributed by atoms with E-state index in [9.17, 15) is 17.6 Å². The molecule has 0 bridgehead atoms. The monoisotopic (exact) mass is 472 g/mol. The number of hydrogen-bond acceptors (Lipinski definition) is 5. The highest BCUT2D eigenvalue weighted by molar-refractivity contribution is 7.92. The Bertz CT molecular complexity index is 1210. The number of nitrogens with zero attached hydrogens (tertiary/aromatic N) is 1. The van der Waals surface area contributed by atoms with Gasteiger partial charge in [-0.05, 0) is 60.2 Å². The van der Waals surface area contributed by atoms with E-state index in [2.05, 4.69) is 5.32 Å². The van der Waals surface area contributed by atoms with Gasteiger partial charge in [0.15, 0.2) is 0 Å². The summed E-state index contributed by atoms with van der Waals surface area (Å²) in [5.74, 6) is 0.363. The molecule has 3 rings (SSSR count). The largest absolute Gasteiger partial charge is 0.497 e. The van der Waals surface area contributed by atoms with Gasteiger partial charge in [0.1, 0.15) is 17.3 Å². The topological polar surface area (TPSA) is 84.9 Å². The van der Waals surface area contributed by atoms with Crippen LogP contribution in [0.4, 0.5) is 10.1 Å². The van der Waals surface area contributed by atoms with E-state index in [1.807, 2.05) is 24.3 Å². The summed E-state index contributed by atoms with van der Waals surface area (Å²) in [5.41, 5.74) is 2.05. The van der Waals surface area contributed by atoms with Crippen molar-refractivity contribution < 1.29 is 27.1 Å². The van der Waals surface area contributed by atoms with Crippen LogP contribution in [0, 0.1) is 5.82 Å². The average Bonchev–Trinajstić information content (AvgIpc) is 2.81. The van der Waals surface area contributed by atoms with Gasteiger partial charge in [-0.15, -0.1) is 0 Å². The van der Waals surface area contributed by atoms with E-state index in [0.717, 1.165) is 21.9 Å². The number of sulfonamides is 1. The number of nitrogens with one attached hydrogen (secondary N) is 1. The van der Waals surface area contributed by atoms with Crippen LogP contribution in [0.2, 0.25) is 0 Å². The van der Waals surface area contributed by atoms with Crippen LogP contribution in [-0.2, 0) is 23.1 Å². The Labute approximate surface area is 192 Å². The summed E-state index contributed by atoms with van der Waals surface area (Å²) < 4.78 is 49.9. The summed E-state index contributed by atoms with van der Waals surface area (Å²) in [6, 6.07) is 17.3. The van der Waals surface area contributed by atoms with Crippen LogP contribution < -0.4 is 19.1 Å². The standard InChI is InChI=1S/C24H25FN2O5S/c1-31-22-11-4-17(5-12-22)15-26-24(28)18-6-13-23(32-2)19(14-18)16-27(33(3,29)30)21-9-7-20(25)8-10-21/h4-14H,15-16H2,1-3H3,(H,26,28). The highest BCUT2D eigenvalue weighted by Gasteiger charge is 2.21. The molecule has 7 nitrogen and oxygen atoms in total. The molecule has 0 aromatic heterocycles. The van der Waals surface area contributed by atoms with Crippen molar-refractivity contribution in [1.29, 1.82) is 0 Å². The van der Waals surface area contributed by atoms with E-state index in [0.29, 0.717) is 29.1 Å². The van der Waals surface area contributed by atoms with Crippen molar-refractivity contribution in [3.63, 3.8) is 0 Å². The van der Waals surface area contributed by atoms with Gasteiger partial charge in [0.2, 0.25) is 10.0 Å². The Morgan fingerprint density at radius 2 is 1.64 bits per heavy atom. The van der Waals surface area contributed by atoms with Crippen LogP contribution >= 0.6 is 0 Å². The van der Waals surface area contributed by atoms with Gasteiger partial charge in [-0.3, -0.25) is 9.10 Å². The maximum Gasteiger partial charge on any atom is 0.251 e. The lowest BCUT2D eigenvalue weighted by molar-refractivity contribution is 0.0950. The summed E-state index contributed by atoms with van der Waals surface area (Å²) in [6.45, 7) is 0.225. The molecule has 0 heterocycles. The van der Waals surface area contributed by atoms with E-state index in [1.165, 1.54) is 31.4 Å². The lowest BCUT2D eigenvalue weighted by Gasteiger charge is -2.24. The molecule has 0 atom stereocenters. The molecule has 0 saturated heterocycles. The van der Waals surface area contributed by atoms with E-state index < -0.39 is 15.8 Å².